The standard InChI is InChI=1S/C18H16N4O4S/c1-10-14(12-6-2-3-7-20-12)16(26-22-10)18(25)21-13(15(23)17(19)24)9-11-5-4-8-27-11/h2-8,13H,9H2,1H3,(H2,19,24)(H,21,25). The molecule has 3 N–H and O–H groups in total. The quantitative estimate of drug-likeness (QED) is 0.594. The van der Waals surface area contributed by atoms with Crippen LogP contribution >= 0.6 is 11.3 Å². The van der Waals surface area contributed by atoms with Crippen LogP contribution in [0.15, 0.2) is 46.4 Å². The summed E-state index contributed by atoms with van der Waals surface area (Å²) >= 11 is 1.41. The number of carbonyl (C=O) groups is 3. The number of nitrogens with zero attached hydrogens (tertiary/aromatic N) is 2. The Hall–Kier alpha value is -3.33. The molecule has 3 aromatic rings. The highest BCUT2D eigenvalue weighted by Gasteiger charge is 2.29. The van der Waals surface area contributed by atoms with E-state index >= 15 is 0 Å². The summed E-state index contributed by atoms with van der Waals surface area (Å²) in [6, 6.07) is 7.74. The van der Waals surface area contributed by atoms with Crippen LogP contribution in [0.5, 0.6) is 0 Å². The molecule has 27 heavy (non-hydrogen) atoms. The SMILES string of the molecule is Cc1noc(C(=O)NC(Cc2cccs2)C(=O)C(N)=O)c1-c1ccccn1. The number of Topliss-reactive ketones (excluding diaryl/α,β-unsaturated/α-hetero) is 1. The van der Waals surface area contributed by atoms with E-state index in [0.717, 1.165) is 4.88 Å². The van der Waals surface area contributed by atoms with E-state index in [2.05, 4.69) is 15.5 Å². The first-order valence-electron chi connectivity index (χ1n) is 8.02. The number of aromatic nitrogens is 2. The van der Waals surface area contributed by atoms with Gasteiger partial charge in [-0.1, -0.05) is 17.3 Å². The van der Waals surface area contributed by atoms with Gasteiger partial charge in [0.05, 0.1) is 17.0 Å². The van der Waals surface area contributed by atoms with Crippen LogP contribution < -0.4 is 11.1 Å². The number of primary amides is 1. The van der Waals surface area contributed by atoms with E-state index in [0.29, 0.717) is 17.0 Å². The molecule has 9 heteroatoms. The van der Waals surface area contributed by atoms with E-state index in [-0.39, 0.29) is 12.2 Å². The molecule has 1 unspecified atom stereocenters. The van der Waals surface area contributed by atoms with Crippen LogP contribution in [0.2, 0.25) is 0 Å². The Morgan fingerprint density at radius 2 is 2.07 bits per heavy atom. The first-order valence-corrected chi connectivity index (χ1v) is 8.90. The third-order valence-corrected chi connectivity index (χ3v) is 4.74. The Balaban J connectivity index is 1.88. The molecule has 138 valence electrons. The van der Waals surface area contributed by atoms with E-state index < -0.39 is 23.6 Å². The van der Waals surface area contributed by atoms with Crippen molar-refractivity contribution in [2.24, 2.45) is 5.73 Å². The number of ketones is 1. The number of hydrogen-bond donors (Lipinski definition) is 2. The molecule has 2 amide bonds. The second kappa shape index (κ2) is 7.92. The lowest BCUT2D eigenvalue weighted by molar-refractivity contribution is -0.137. The summed E-state index contributed by atoms with van der Waals surface area (Å²) in [4.78, 5) is 41.3. The van der Waals surface area contributed by atoms with E-state index in [9.17, 15) is 14.4 Å². The molecule has 8 nitrogen and oxygen atoms in total. The Morgan fingerprint density at radius 1 is 1.26 bits per heavy atom. The Kier molecular flexibility index (Phi) is 5.41. The number of hydrogen-bond acceptors (Lipinski definition) is 7. The van der Waals surface area contributed by atoms with E-state index in [1.54, 1.807) is 37.4 Å². The van der Waals surface area contributed by atoms with E-state index in [4.69, 9.17) is 10.3 Å². The van der Waals surface area contributed by atoms with Crippen molar-refractivity contribution in [3.05, 3.63) is 58.2 Å². The summed E-state index contributed by atoms with van der Waals surface area (Å²) in [6.45, 7) is 1.68. The fourth-order valence-corrected chi connectivity index (χ4v) is 3.32. The number of rotatable bonds is 7. The summed E-state index contributed by atoms with van der Waals surface area (Å²) in [7, 11) is 0. The van der Waals surface area contributed by atoms with Gasteiger partial charge in [-0.05, 0) is 30.5 Å². The van der Waals surface area contributed by atoms with Gasteiger partial charge in [0.2, 0.25) is 11.5 Å². The molecule has 0 spiro atoms. The summed E-state index contributed by atoms with van der Waals surface area (Å²) < 4.78 is 5.16. The molecule has 0 saturated heterocycles. The smallest absolute Gasteiger partial charge is 0.291 e. The third kappa shape index (κ3) is 4.09. The first kappa shape index (κ1) is 18.5. The van der Waals surface area contributed by atoms with Crippen LogP contribution in [0.1, 0.15) is 21.1 Å². The van der Waals surface area contributed by atoms with Gasteiger partial charge in [0.25, 0.3) is 11.8 Å². The predicted molar refractivity (Wildman–Crippen MR) is 97.9 cm³/mol. The molecule has 0 radical (unpaired) electrons. The molecule has 0 aliphatic heterocycles. The zero-order chi connectivity index (χ0) is 19.4. The van der Waals surface area contributed by atoms with Gasteiger partial charge < -0.3 is 15.6 Å². The van der Waals surface area contributed by atoms with Crippen molar-refractivity contribution >= 4 is 28.9 Å². The van der Waals surface area contributed by atoms with Gasteiger partial charge in [-0.2, -0.15) is 0 Å². The minimum atomic E-state index is -1.12. The molecule has 0 aliphatic carbocycles. The van der Waals surface area contributed by atoms with Crippen molar-refractivity contribution in [1.82, 2.24) is 15.5 Å². The number of carbonyl (C=O) groups excluding carboxylic acids is 3. The minimum Gasteiger partial charge on any atom is -0.363 e. The normalized spacial score (nSPS) is 11.7. The summed E-state index contributed by atoms with van der Waals surface area (Å²) in [6.07, 6.45) is 1.73. The van der Waals surface area contributed by atoms with Crippen molar-refractivity contribution in [2.45, 2.75) is 19.4 Å². The largest absolute Gasteiger partial charge is 0.363 e. The third-order valence-electron chi connectivity index (χ3n) is 3.84. The van der Waals surface area contributed by atoms with Crippen LogP contribution in [0.3, 0.4) is 0 Å². The molecule has 3 aromatic heterocycles. The van der Waals surface area contributed by atoms with E-state index in [1.807, 2.05) is 11.4 Å². The van der Waals surface area contributed by atoms with Crippen LogP contribution in [-0.4, -0.2) is 33.8 Å². The Labute approximate surface area is 158 Å². The number of pyridine rings is 1. The van der Waals surface area contributed by atoms with E-state index in [1.165, 1.54) is 11.3 Å². The number of amides is 2. The molecule has 1 atom stereocenters. The highest BCUT2D eigenvalue weighted by Crippen LogP contribution is 2.25. The number of nitrogens with one attached hydrogen (secondary N) is 1. The lowest BCUT2D eigenvalue weighted by Gasteiger charge is -2.14. The highest BCUT2D eigenvalue weighted by molar-refractivity contribution is 7.09. The maximum absolute atomic E-state index is 12.7. The van der Waals surface area contributed by atoms with Gasteiger partial charge in [0.1, 0.15) is 6.04 Å². The molecule has 0 saturated carbocycles. The Morgan fingerprint density at radius 3 is 2.70 bits per heavy atom. The van der Waals surface area contributed by atoms with Gasteiger partial charge in [-0.25, -0.2) is 0 Å². The number of aryl methyl sites for hydroxylation is 1. The van der Waals surface area contributed by atoms with Gasteiger partial charge >= 0.3 is 0 Å². The fourth-order valence-electron chi connectivity index (χ4n) is 2.57. The topological polar surface area (TPSA) is 128 Å². The van der Waals surface area contributed by atoms with Crippen LogP contribution in [-0.2, 0) is 16.0 Å². The molecule has 3 heterocycles. The monoisotopic (exact) mass is 384 g/mol. The maximum atomic E-state index is 12.7. The Bertz CT molecular complexity index is 967. The van der Waals surface area contributed by atoms with Crippen molar-refractivity contribution in [1.29, 1.82) is 0 Å². The van der Waals surface area contributed by atoms with Gasteiger partial charge in [0, 0.05) is 17.5 Å². The maximum Gasteiger partial charge on any atom is 0.291 e. The molecule has 0 aliphatic rings. The highest BCUT2D eigenvalue weighted by atomic mass is 32.1. The number of nitrogens with two attached hydrogens (primary N) is 1. The predicted octanol–water partition coefficient (Wildman–Crippen LogP) is 1.50. The van der Waals surface area contributed by atoms with Crippen molar-refractivity contribution in [3.63, 3.8) is 0 Å². The first-order chi connectivity index (χ1) is 13.0. The lowest BCUT2D eigenvalue weighted by Crippen LogP contribution is -2.47. The molecule has 0 bridgehead atoms. The molecule has 3 rings (SSSR count). The van der Waals surface area contributed by atoms with Gasteiger partial charge in [-0.3, -0.25) is 19.4 Å². The van der Waals surface area contributed by atoms with Crippen LogP contribution in [0, 0.1) is 6.92 Å². The number of thiophene rings is 1. The molecular weight excluding hydrogens is 368 g/mol. The summed E-state index contributed by atoms with van der Waals surface area (Å²) in [5, 5.41) is 8.19. The lowest BCUT2D eigenvalue weighted by atomic mass is 10.1. The summed E-state index contributed by atoms with van der Waals surface area (Å²) in [5.41, 5.74) is 6.54. The minimum absolute atomic E-state index is 0.0837. The molecule has 0 fully saturated rings. The van der Waals surface area contributed by atoms with Crippen molar-refractivity contribution in [2.75, 3.05) is 0 Å². The average molecular weight is 384 g/mol. The average Bonchev–Trinajstić information content (AvgIpc) is 3.30. The second-order valence-corrected chi connectivity index (χ2v) is 6.76. The zero-order valence-electron chi connectivity index (χ0n) is 14.3. The van der Waals surface area contributed by atoms with Crippen molar-refractivity contribution in [3.8, 4) is 11.3 Å². The molecule has 0 aromatic carbocycles. The van der Waals surface area contributed by atoms with Crippen LogP contribution in [0.25, 0.3) is 11.3 Å². The summed E-state index contributed by atoms with van der Waals surface area (Å²) in [5.74, 6) is -2.75. The second-order valence-electron chi connectivity index (χ2n) is 5.73. The van der Waals surface area contributed by atoms with Gasteiger partial charge in [0.15, 0.2) is 0 Å². The molecular formula is C18H16N4O4S. The van der Waals surface area contributed by atoms with Crippen LogP contribution in [0.4, 0.5) is 0 Å². The van der Waals surface area contributed by atoms with Crippen molar-refractivity contribution < 1.29 is 18.9 Å². The zero-order valence-corrected chi connectivity index (χ0v) is 15.2. The van der Waals surface area contributed by atoms with Gasteiger partial charge in [-0.15, -0.1) is 11.3 Å². The fraction of sp³-hybridized carbons (Fsp3) is 0.167.